The van der Waals surface area contributed by atoms with Gasteiger partial charge in [-0.25, -0.2) is 4.98 Å². The van der Waals surface area contributed by atoms with Crippen molar-refractivity contribution in [2.75, 3.05) is 5.73 Å². The van der Waals surface area contributed by atoms with Crippen LogP contribution in [-0.4, -0.2) is 19.6 Å². The summed E-state index contributed by atoms with van der Waals surface area (Å²) in [5.41, 5.74) is 7.24. The first kappa shape index (κ1) is 11.2. The van der Waals surface area contributed by atoms with E-state index in [0.29, 0.717) is 23.6 Å². The zero-order valence-electron chi connectivity index (χ0n) is 9.98. The summed E-state index contributed by atoms with van der Waals surface area (Å²) in [6.07, 6.45) is 2.01. The number of rotatable bonds is 2. The largest absolute Gasteiger partial charge is 0.382 e. The standard InChI is InChI=1S/C13H10N6/c14-7-10-8-16-13-17-11(18-19(13)12(10)15)6-9-4-2-1-3-5-9/h1-5,8H,6,15H2. The minimum Gasteiger partial charge on any atom is -0.382 e. The topological polar surface area (TPSA) is 92.9 Å². The first-order valence-electron chi connectivity index (χ1n) is 5.72. The number of fused-ring (bicyclic) bond motifs is 1. The lowest BCUT2D eigenvalue weighted by Crippen LogP contribution is -2.03. The first-order chi connectivity index (χ1) is 9.28. The van der Waals surface area contributed by atoms with Gasteiger partial charge in [-0.2, -0.15) is 14.8 Å². The number of hydrogen-bond acceptors (Lipinski definition) is 5. The van der Waals surface area contributed by atoms with Crippen molar-refractivity contribution in [2.45, 2.75) is 6.42 Å². The fourth-order valence-electron chi connectivity index (χ4n) is 1.83. The Balaban J connectivity index is 2.03. The van der Waals surface area contributed by atoms with Crippen molar-refractivity contribution in [1.29, 1.82) is 5.26 Å². The number of anilines is 1. The van der Waals surface area contributed by atoms with Gasteiger partial charge in [-0.05, 0) is 5.56 Å². The van der Waals surface area contributed by atoms with E-state index >= 15 is 0 Å². The molecule has 92 valence electrons. The highest BCUT2D eigenvalue weighted by Crippen LogP contribution is 2.12. The Bertz CT molecular complexity index is 769. The predicted molar refractivity (Wildman–Crippen MR) is 69.2 cm³/mol. The SMILES string of the molecule is N#Cc1cnc2nc(Cc3ccccc3)nn2c1N. The monoisotopic (exact) mass is 250 g/mol. The molecule has 2 N–H and O–H groups in total. The van der Waals surface area contributed by atoms with Crippen LogP contribution in [0.25, 0.3) is 5.78 Å². The number of nitrogens with two attached hydrogens (primary N) is 1. The maximum atomic E-state index is 8.89. The molecule has 19 heavy (non-hydrogen) atoms. The molecular weight excluding hydrogens is 240 g/mol. The van der Waals surface area contributed by atoms with E-state index in [-0.39, 0.29) is 5.82 Å². The third-order valence-electron chi connectivity index (χ3n) is 2.77. The number of nitrogens with zero attached hydrogens (tertiary/aromatic N) is 5. The van der Waals surface area contributed by atoms with E-state index in [1.54, 1.807) is 0 Å². The van der Waals surface area contributed by atoms with Crippen LogP contribution in [0.2, 0.25) is 0 Å². The molecule has 0 aliphatic heterocycles. The highest BCUT2D eigenvalue weighted by molar-refractivity contribution is 5.52. The van der Waals surface area contributed by atoms with Crippen molar-refractivity contribution in [2.24, 2.45) is 0 Å². The lowest BCUT2D eigenvalue weighted by molar-refractivity contribution is 0.898. The van der Waals surface area contributed by atoms with E-state index in [9.17, 15) is 0 Å². The van der Waals surface area contributed by atoms with Crippen LogP contribution in [0, 0.1) is 11.3 Å². The van der Waals surface area contributed by atoms with Gasteiger partial charge >= 0.3 is 0 Å². The van der Waals surface area contributed by atoms with Gasteiger partial charge in [0.2, 0.25) is 0 Å². The Morgan fingerprint density at radius 2 is 2.05 bits per heavy atom. The van der Waals surface area contributed by atoms with Gasteiger partial charge < -0.3 is 5.73 Å². The molecule has 2 heterocycles. The molecule has 0 fully saturated rings. The van der Waals surface area contributed by atoms with Gasteiger partial charge in [-0.1, -0.05) is 30.3 Å². The molecule has 0 saturated carbocycles. The van der Waals surface area contributed by atoms with Gasteiger partial charge in [0, 0.05) is 6.42 Å². The Labute approximate surface area is 109 Å². The molecule has 0 amide bonds. The summed E-state index contributed by atoms with van der Waals surface area (Å²) in [7, 11) is 0. The van der Waals surface area contributed by atoms with Crippen LogP contribution >= 0.6 is 0 Å². The van der Waals surface area contributed by atoms with E-state index < -0.39 is 0 Å². The lowest BCUT2D eigenvalue weighted by Gasteiger charge is -1.97. The molecule has 0 aliphatic carbocycles. The highest BCUT2D eigenvalue weighted by atomic mass is 15.3. The zero-order chi connectivity index (χ0) is 13.2. The van der Waals surface area contributed by atoms with E-state index in [2.05, 4.69) is 15.1 Å². The van der Waals surface area contributed by atoms with Crippen LogP contribution in [0.15, 0.2) is 36.5 Å². The Morgan fingerprint density at radius 3 is 2.79 bits per heavy atom. The number of hydrogen-bond donors (Lipinski definition) is 1. The average Bonchev–Trinajstić information content (AvgIpc) is 2.84. The zero-order valence-corrected chi connectivity index (χ0v) is 9.98. The summed E-state index contributed by atoms with van der Waals surface area (Å²) in [5, 5.41) is 13.2. The molecule has 0 bridgehead atoms. The smallest absolute Gasteiger partial charge is 0.254 e. The van der Waals surface area contributed by atoms with Gasteiger partial charge in [0.15, 0.2) is 5.82 Å². The van der Waals surface area contributed by atoms with Crippen LogP contribution in [0.1, 0.15) is 17.0 Å². The van der Waals surface area contributed by atoms with E-state index in [1.165, 1.54) is 10.7 Å². The minimum atomic E-state index is 0.263. The van der Waals surface area contributed by atoms with Crippen LogP contribution in [0.4, 0.5) is 5.82 Å². The first-order valence-corrected chi connectivity index (χ1v) is 5.72. The van der Waals surface area contributed by atoms with Crippen LogP contribution < -0.4 is 5.73 Å². The number of nitrogen functional groups attached to an aromatic ring is 1. The molecule has 0 radical (unpaired) electrons. The normalized spacial score (nSPS) is 10.5. The van der Waals surface area contributed by atoms with Crippen LogP contribution in [0.3, 0.4) is 0 Å². The quantitative estimate of drug-likeness (QED) is 0.736. The summed E-state index contributed by atoms with van der Waals surface area (Å²) in [5.74, 6) is 1.29. The Kier molecular flexibility index (Phi) is 2.58. The third kappa shape index (κ3) is 1.98. The van der Waals surface area contributed by atoms with Gasteiger partial charge in [-0.15, -0.1) is 5.10 Å². The van der Waals surface area contributed by atoms with Crippen molar-refractivity contribution >= 4 is 11.6 Å². The maximum Gasteiger partial charge on any atom is 0.254 e. The Hall–Kier alpha value is -2.94. The Morgan fingerprint density at radius 1 is 1.26 bits per heavy atom. The van der Waals surface area contributed by atoms with Crippen molar-refractivity contribution in [3.63, 3.8) is 0 Å². The molecule has 2 aromatic heterocycles. The summed E-state index contributed by atoms with van der Waals surface area (Å²) >= 11 is 0. The summed E-state index contributed by atoms with van der Waals surface area (Å²) < 4.78 is 1.40. The second-order valence-corrected chi connectivity index (χ2v) is 4.07. The summed E-state index contributed by atoms with van der Waals surface area (Å²) in [4.78, 5) is 8.36. The van der Waals surface area contributed by atoms with Gasteiger partial charge in [0.25, 0.3) is 5.78 Å². The van der Waals surface area contributed by atoms with Gasteiger partial charge in [0.05, 0.1) is 6.20 Å². The average molecular weight is 250 g/mol. The maximum absolute atomic E-state index is 8.89. The van der Waals surface area contributed by atoms with Crippen molar-refractivity contribution in [3.05, 3.63) is 53.5 Å². The van der Waals surface area contributed by atoms with Gasteiger partial charge in [0.1, 0.15) is 17.5 Å². The second-order valence-electron chi connectivity index (χ2n) is 4.07. The van der Waals surface area contributed by atoms with E-state index in [4.69, 9.17) is 11.0 Å². The molecule has 0 atom stereocenters. The molecular formula is C13H10N6. The van der Waals surface area contributed by atoms with E-state index in [0.717, 1.165) is 5.56 Å². The van der Waals surface area contributed by atoms with Crippen molar-refractivity contribution in [3.8, 4) is 6.07 Å². The molecule has 3 aromatic rings. The molecule has 3 rings (SSSR count). The highest BCUT2D eigenvalue weighted by Gasteiger charge is 2.10. The van der Waals surface area contributed by atoms with Gasteiger partial charge in [-0.3, -0.25) is 0 Å². The fourth-order valence-corrected chi connectivity index (χ4v) is 1.83. The van der Waals surface area contributed by atoms with E-state index in [1.807, 2.05) is 36.4 Å². The second kappa shape index (κ2) is 4.38. The third-order valence-corrected chi connectivity index (χ3v) is 2.77. The lowest BCUT2D eigenvalue weighted by atomic mass is 10.1. The summed E-state index contributed by atoms with van der Waals surface area (Å²) in [6.45, 7) is 0. The number of nitriles is 1. The van der Waals surface area contributed by atoms with Crippen LogP contribution in [0.5, 0.6) is 0 Å². The molecule has 0 spiro atoms. The van der Waals surface area contributed by atoms with Crippen molar-refractivity contribution in [1.82, 2.24) is 19.6 Å². The fraction of sp³-hybridized carbons (Fsp3) is 0.0769. The summed E-state index contributed by atoms with van der Waals surface area (Å²) in [6, 6.07) is 11.9. The predicted octanol–water partition coefficient (Wildman–Crippen LogP) is 1.17. The van der Waals surface area contributed by atoms with Crippen LogP contribution in [-0.2, 0) is 6.42 Å². The molecule has 6 nitrogen and oxygen atoms in total. The minimum absolute atomic E-state index is 0.263. The molecule has 0 saturated heterocycles. The molecule has 0 unspecified atom stereocenters. The molecule has 6 heteroatoms. The molecule has 0 aliphatic rings. The number of benzene rings is 1. The molecule has 1 aromatic carbocycles. The van der Waals surface area contributed by atoms with Crippen molar-refractivity contribution < 1.29 is 0 Å². The number of aromatic nitrogens is 4.